The van der Waals surface area contributed by atoms with Gasteiger partial charge in [0.25, 0.3) is 0 Å². The van der Waals surface area contributed by atoms with E-state index < -0.39 is 0 Å². The molecule has 1 aromatic heterocycles. The quantitative estimate of drug-likeness (QED) is 0.144. The highest BCUT2D eigenvalue weighted by Gasteiger charge is 2.30. The van der Waals surface area contributed by atoms with E-state index in [-0.39, 0.29) is 10.8 Å². The van der Waals surface area contributed by atoms with Crippen molar-refractivity contribution in [1.82, 2.24) is 8.75 Å². The second-order valence-corrected chi connectivity index (χ2v) is 13.9. The van der Waals surface area contributed by atoms with Gasteiger partial charge in [0.1, 0.15) is 11.0 Å². The Bertz CT molecular complexity index is 1170. The van der Waals surface area contributed by atoms with Crippen molar-refractivity contribution in [3.63, 3.8) is 0 Å². The van der Waals surface area contributed by atoms with Crippen molar-refractivity contribution in [2.75, 3.05) is 0 Å². The third-order valence-corrected chi connectivity index (χ3v) is 11.3. The van der Waals surface area contributed by atoms with Gasteiger partial charge in [-0.05, 0) is 65.0 Å². The minimum absolute atomic E-state index is 0.134. The zero-order chi connectivity index (χ0) is 29.2. The smallest absolute Gasteiger partial charge is 0.112 e. The molecule has 1 atom stereocenters. The van der Waals surface area contributed by atoms with E-state index in [0.29, 0.717) is 5.41 Å². The molecule has 222 valence electrons. The van der Waals surface area contributed by atoms with Crippen LogP contribution in [-0.4, -0.2) is 8.75 Å². The molecule has 3 rings (SSSR count). The Balaban J connectivity index is 1.93. The van der Waals surface area contributed by atoms with Crippen LogP contribution in [0.1, 0.15) is 156 Å². The molecule has 0 bridgehead atoms. The molecule has 2 aromatic carbocycles. The summed E-state index contributed by atoms with van der Waals surface area (Å²) in [5.41, 5.74) is 8.36. The highest BCUT2D eigenvalue weighted by atomic mass is 32.1. The first-order valence-corrected chi connectivity index (χ1v) is 17.3. The second-order valence-electron chi connectivity index (χ2n) is 13.4. The molecule has 3 aromatic rings. The van der Waals surface area contributed by atoms with E-state index in [0.717, 1.165) is 23.9 Å². The predicted octanol–water partition coefficient (Wildman–Crippen LogP) is 12.4. The minimum atomic E-state index is 0.134. The van der Waals surface area contributed by atoms with Gasteiger partial charge in [-0.3, -0.25) is 0 Å². The topological polar surface area (TPSA) is 25.8 Å². The third-order valence-electron chi connectivity index (χ3n) is 10.8. The van der Waals surface area contributed by atoms with Crippen LogP contribution in [0.4, 0.5) is 0 Å². The molecular formula is C37H58N2S. The van der Waals surface area contributed by atoms with Crippen LogP contribution in [-0.2, 0) is 10.8 Å². The Morgan fingerprint density at radius 1 is 0.625 bits per heavy atom. The molecule has 0 N–H and O–H groups in total. The summed E-state index contributed by atoms with van der Waals surface area (Å²) < 4.78 is 9.66. The average Bonchev–Trinajstić information content (AvgIpc) is 3.48. The number of unbranched alkanes of at least 4 members (excludes halogenated alkanes) is 5. The lowest BCUT2D eigenvalue weighted by Crippen LogP contribution is -2.24. The van der Waals surface area contributed by atoms with E-state index in [1.54, 1.807) is 0 Å². The molecule has 2 nitrogen and oxygen atoms in total. The molecule has 0 amide bonds. The summed E-state index contributed by atoms with van der Waals surface area (Å²) in [7, 11) is 0. The van der Waals surface area contributed by atoms with Gasteiger partial charge in [-0.2, -0.15) is 8.75 Å². The summed E-state index contributed by atoms with van der Waals surface area (Å²) in [4.78, 5) is 0. The standard InChI is InChI=1S/C37H58N2S/c1-9-14-15-16-17-18-26-37(8,27-20-25-35(6,10-2)11-3)30-22-19-21-29(28-30)31-23-24-32(36(7,12-4)13-5)34-33(31)38-40-39-34/h19,21-24,28H,9-18,20,25-27H2,1-8H3. The Hall–Kier alpha value is -1.74. The molecule has 0 aliphatic heterocycles. The van der Waals surface area contributed by atoms with Gasteiger partial charge in [-0.1, -0.05) is 150 Å². The number of hydrogen-bond acceptors (Lipinski definition) is 3. The maximum Gasteiger partial charge on any atom is 0.112 e. The van der Waals surface area contributed by atoms with Crippen LogP contribution in [0.3, 0.4) is 0 Å². The molecule has 40 heavy (non-hydrogen) atoms. The molecule has 0 radical (unpaired) electrons. The maximum atomic E-state index is 4.84. The Labute approximate surface area is 251 Å². The lowest BCUT2D eigenvalue weighted by Gasteiger charge is -2.34. The van der Waals surface area contributed by atoms with E-state index in [1.165, 1.54) is 111 Å². The van der Waals surface area contributed by atoms with Crippen molar-refractivity contribution in [1.29, 1.82) is 0 Å². The van der Waals surface area contributed by atoms with Gasteiger partial charge in [0.05, 0.1) is 11.7 Å². The number of benzene rings is 2. The first-order chi connectivity index (χ1) is 19.2. The highest BCUT2D eigenvalue weighted by molar-refractivity contribution is 7.00. The van der Waals surface area contributed by atoms with E-state index in [1.807, 2.05) is 0 Å². The number of nitrogens with zero attached hydrogens (tertiary/aromatic N) is 2. The van der Waals surface area contributed by atoms with Crippen LogP contribution < -0.4 is 0 Å². The number of hydrogen-bond donors (Lipinski definition) is 0. The summed E-state index contributed by atoms with van der Waals surface area (Å²) in [5.74, 6) is 0. The zero-order valence-corrected chi connectivity index (χ0v) is 28.0. The van der Waals surface area contributed by atoms with Gasteiger partial charge in [-0.15, -0.1) is 0 Å². The molecule has 0 spiro atoms. The predicted molar refractivity (Wildman–Crippen MR) is 179 cm³/mol. The molecule has 0 saturated heterocycles. The van der Waals surface area contributed by atoms with E-state index >= 15 is 0 Å². The molecule has 0 aliphatic rings. The van der Waals surface area contributed by atoms with Crippen molar-refractivity contribution >= 4 is 22.8 Å². The SMILES string of the molecule is CCCCCCCCC(C)(CCCC(C)(CC)CC)c1cccc(-c2ccc(C(C)(CC)CC)c3nsnc23)c1. The van der Waals surface area contributed by atoms with Crippen molar-refractivity contribution in [2.45, 2.75) is 156 Å². The Kier molecular flexibility index (Phi) is 12.2. The van der Waals surface area contributed by atoms with Crippen molar-refractivity contribution < 1.29 is 0 Å². The summed E-state index contributed by atoms with van der Waals surface area (Å²) in [5, 5.41) is 0. The van der Waals surface area contributed by atoms with Crippen LogP contribution >= 0.6 is 11.7 Å². The van der Waals surface area contributed by atoms with Crippen LogP contribution in [0.25, 0.3) is 22.2 Å². The molecular weight excluding hydrogens is 504 g/mol. The fraction of sp³-hybridized carbons (Fsp3) is 0.676. The van der Waals surface area contributed by atoms with Gasteiger partial charge in [-0.25, -0.2) is 0 Å². The molecule has 0 aliphatic carbocycles. The largest absolute Gasteiger partial charge is 0.173 e. The van der Waals surface area contributed by atoms with Crippen molar-refractivity contribution in [3.05, 3.63) is 47.5 Å². The normalized spacial score (nSPS) is 14.1. The molecule has 0 saturated carbocycles. The number of fused-ring (bicyclic) bond motifs is 1. The Morgan fingerprint density at radius 3 is 1.95 bits per heavy atom. The lowest BCUT2D eigenvalue weighted by atomic mass is 9.71. The lowest BCUT2D eigenvalue weighted by molar-refractivity contribution is 0.246. The van der Waals surface area contributed by atoms with Crippen LogP contribution in [0.5, 0.6) is 0 Å². The minimum Gasteiger partial charge on any atom is -0.173 e. The highest BCUT2D eigenvalue weighted by Crippen LogP contribution is 2.42. The van der Waals surface area contributed by atoms with E-state index in [9.17, 15) is 0 Å². The van der Waals surface area contributed by atoms with Gasteiger partial charge >= 0.3 is 0 Å². The van der Waals surface area contributed by atoms with Gasteiger partial charge in [0, 0.05) is 5.56 Å². The fourth-order valence-corrected chi connectivity index (χ4v) is 7.07. The van der Waals surface area contributed by atoms with Gasteiger partial charge in [0.2, 0.25) is 0 Å². The second kappa shape index (κ2) is 14.9. The van der Waals surface area contributed by atoms with Crippen LogP contribution in [0.15, 0.2) is 36.4 Å². The first kappa shape index (κ1) is 32.8. The summed E-state index contributed by atoms with van der Waals surface area (Å²) >= 11 is 1.36. The van der Waals surface area contributed by atoms with Crippen LogP contribution in [0.2, 0.25) is 0 Å². The molecule has 0 fully saturated rings. The Morgan fingerprint density at radius 2 is 1.27 bits per heavy atom. The third kappa shape index (κ3) is 7.75. The summed E-state index contributed by atoms with van der Waals surface area (Å²) in [6.07, 6.45) is 18.1. The molecule has 3 heteroatoms. The van der Waals surface area contributed by atoms with Crippen molar-refractivity contribution in [3.8, 4) is 11.1 Å². The molecule has 1 heterocycles. The van der Waals surface area contributed by atoms with Crippen molar-refractivity contribution in [2.24, 2.45) is 5.41 Å². The molecule has 1 unspecified atom stereocenters. The van der Waals surface area contributed by atoms with Gasteiger partial charge < -0.3 is 0 Å². The zero-order valence-electron chi connectivity index (χ0n) is 27.2. The van der Waals surface area contributed by atoms with Crippen LogP contribution in [0, 0.1) is 5.41 Å². The fourth-order valence-electron chi connectivity index (χ4n) is 6.50. The number of rotatable bonds is 18. The van der Waals surface area contributed by atoms with E-state index in [2.05, 4.69) is 91.8 Å². The average molecular weight is 563 g/mol. The monoisotopic (exact) mass is 562 g/mol. The van der Waals surface area contributed by atoms with E-state index in [4.69, 9.17) is 8.75 Å². The summed E-state index contributed by atoms with van der Waals surface area (Å²) in [6.45, 7) is 19.0. The number of aromatic nitrogens is 2. The maximum absolute atomic E-state index is 4.84. The summed E-state index contributed by atoms with van der Waals surface area (Å²) in [6, 6.07) is 14.1. The first-order valence-electron chi connectivity index (χ1n) is 16.6. The van der Waals surface area contributed by atoms with Gasteiger partial charge in [0.15, 0.2) is 0 Å².